The molecule has 0 aromatic heterocycles. The predicted octanol–water partition coefficient (Wildman–Crippen LogP) is 4.49. The van der Waals surface area contributed by atoms with E-state index in [1.54, 1.807) is 0 Å². The lowest BCUT2D eigenvalue weighted by Gasteiger charge is -2.27. The van der Waals surface area contributed by atoms with Crippen LogP contribution in [0.1, 0.15) is 64.7 Å². The van der Waals surface area contributed by atoms with Crippen LogP contribution in [0.3, 0.4) is 0 Å². The number of imide groups is 1. The zero-order valence-electron chi connectivity index (χ0n) is 15.0. The van der Waals surface area contributed by atoms with Crippen molar-refractivity contribution < 1.29 is 9.59 Å². The molecule has 3 rings (SSSR count). The third kappa shape index (κ3) is 3.81. The van der Waals surface area contributed by atoms with Gasteiger partial charge in [0.05, 0.1) is 0 Å². The maximum atomic E-state index is 11.4. The minimum absolute atomic E-state index is 0.148. The minimum atomic E-state index is -0.148. The lowest BCUT2D eigenvalue weighted by atomic mass is 9.78. The van der Waals surface area contributed by atoms with Gasteiger partial charge in [-0.1, -0.05) is 57.6 Å². The number of amides is 2. The number of carbonyl (C=O) groups excluding carboxylic acids is 2. The van der Waals surface area contributed by atoms with Gasteiger partial charge in [0, 0.05) is 18.7 Å². The molecule has 0 spiro atoms. The van der Waals surface area contributed by atoms with E-state index in [2.05, 4.69) is 19.1 Å². The maximum absolute atomic E-state index is 11.4. The highest BCUT2D eigenvalue weighted by Crippen LogP contribution is 2.51. The highest BCUT2D eigenvalue weighted by atomic mass is 16.2. The first-order chi connectivity index (χ1) is 11.7. The zero-order chi connectivity index (χ0) is 16.9. The molecule has 2 aliphatic carbocycles. The first kappa shape index (κ1) is 17.4. The first-order valence-corrected chi connectivity index (χ1v) is 9.92. The Morgan fingerprint density at radius 2 is 1.46 bits per heavy atom. The van der Waals surface area contributed by atoms with E-state index in [1.807, 2.05) is 0 Å². The molecule has 132 valence electrons. The van der Waals surface area contributed by atoms with Crippen molar-refractivity contribution in [2.24, 2.45) is 23.7 Å². The molecule has 3 nitrogen and oxygen atoms in total. The Morgan fingerprint density at radius 1 is 0.875 bits per heavy atom. The molecule has 2 bridgehead atoms. The second kappa shape index (κ2) is 8.13. The van der Waals surface area contributed by atoms with Gasteiger partial charge in [-0.05, 0) is 42.9 Å². The molecule has 0 N–H and O–H groups in total. The number of allylic oxidation sites excluding steroid dienone is 2. The monoisotopic (exact) mass is 329 g/mol. The van der Waals surface area contributed by atoms with Crippen LogP contribution >= 0.6 is 0 Å². The molecule has 0 aromatic carbocycles. The molecule has 1 fully saturated rings. The highest BCUT2D eigenvalue weighted by Gasteiger charge is 2.42. The quantitative estimate of drug-likeness (QED) is 0.336. The van der Waals surface area contributed by atoms with Crippen molar-refractivity contribution in [3.05, 3.63) is 24.3 Å². The number of hydrogen-bond acceptors (Lipinski definition) is 2. The van der Waals surface area contributed by atoms with Gasteiger partial charge in [0.25, 0.3) is 11.8 Å². The van der Waals surface area contributed by atoms with Crippen LogP contribution in [0.4, 0.5) is 0 Å². The standard InChI is InChI=1S/C21H31NO2/c1-2-18-16-10-11-17(15-16)19(18)9-7-5-3-4-6-8-14-22-20(23)12-13-21(22)24/h10-13,16-19H,2-9,14-15H2,1H3. The SMILES string of the molecule is CCC1C2C=CC(C2)C1CCCCCCCCN1C(=O)C=CC1=O. The average Bonchev–Trinajstić information content (AvgIpc) is 3.26. The Bertz CT molecular complexity index is 504. The second-order valence-corrected chi connectivity index (χ2v) is 7.76. The Labute approximate surface area is 146 Å². The molecule has 24 heavy (non-hydrogen) atoms. The molecule has 0 aromatic rings. The molecular weight excluding hydrogens is 298 g/mol. The molecule has 0 saturated heterocycles. The number of rotatable bonds is 10. The Kier molecular flexibility index (Phi) is 5.91. The number of fused-ring (bicyclic) bond motifs is 2. The van der Waals surface area contributed by atoms with Crippen molar-refractivity contribution in [2.75, 3.05) is 6.54 Å². The zero-order valence-corrected chi connectivity index (χ0v) is 15.0. The average molecular weight is 329 g/mol. The first-order valence-electron chi connectivity index (χ1n) is 9.92. The van der Waals surface area contributed by atoms with Crippen molar-refractivity contribution in [1.82, 2.24) is 4.90 Å². The number of unbranched alkanes of at least 4 members (excludes halogenated alkanes) is 5. The Hall–Kier alpha value is -1.38. The van der Waals surface area contributed by atoms with Gasteiger partial charge in [-0.15, -0.1) is 0 Å². The molecule has 3 aliphatic rings. The van der Waals surface area contributed by atoms with Crippen LogP contribution in [0.2, 0.25) is 0 Å². The van der Waals surface area contributed by atoms with Gasteiger partial charge < -0.3 is 0 Å². The molecule has 4 unspecified atom stereocenters. The minimum Gasteiger partial charge on any atom is -0.275 e. The summed E-state index contributed by atoms with van der Waals surface area (Å²) >= 11 is 0. The molecule has 1 aliphatic heterocycles. The molecule has 1 saturated carbocycles. The smallest absolute Gasteiger partial charge is 0.253 e. The van der Waals surface area contributed by atoms with Crippen molar-refractivity contribution in [2.45, 2.75) is 64.7 Å². The molecule has 1 heterocycles. The van der Waals surface area contributed by atoms with Crippen LogP contribution < -0.4 is 0 Å². The van der Waals surface area contributed by atoms with Crippen molar-refractivity contribution in [3.63, 3.8) is 0 Å². The third-order valence-electron chi connectivity index (χ3n) is 6.34. The van der Waals surface area contributed by atoms with Crippen LogP contribution in [0, 0.1) is 23.7 Å². The van der Waals surface area contributed by atoms with E-state index in [0.29, 0.717) is 6.54 Å². The van der Waals surface area contributed by atoms with Gasteiger partial charge in [-0.25, -0.2) is 0 Å². The van der Waals surface area contributed by atoms with Gasteiger partial charge in [0.1, 0.15) is 0 Å². The Balaban J connectivity index is 1.22. The predicted molar refractivity (Wildman–Crippen MR) is 96.2 cm³/mol. The summed E-state index contributed by atoms with van der Waals surface area (Å²) in [5.41, 5.74) is 0. The van der Waals surface area contributed by atoms with Crippen LogP contribution in [-0.2, 0) is 9.59 Å². The summed E-state index contributed by atoms with van der Waals surface area (Å²) < 4.78 is 0. The van der Waals surface area contributed by atoms with Crippen molar-refractivity contribution in [3.8, 4) is 0 Å². The van der Waals surface area contributed by atoms with E-state index in [1.165, 1.54) is 62.0 Å². The fourth-order valence-corrected chi connectivity index (χ4v) is 5.07. The number of nitrogens with zero attached hydrogens (tertiary/aromatic N) is 1. The molecule has 4 atom stereocenters. The molecule has 0 radical (unpaired) electrons. The number of carbonyl (C=O) groups is 2. The van der Waals surface area contributed by atoms with E-state index in [0.717, 1.165) is 36.5 Å². The van der Waals surface area contributed by atoms with Crippen LogP contribution in [-0.4, -0.2) is 23.3 Å². The van der Waals surface area contributed by atoms with Gasteiger partial charge in [-0.3, -0.25) is 14.5 Å². The van der Waals surface area contributed by atoms with Crippen LogP contribution in [0.25, 0.3) is 0 Å². The van der Waals surface area contributed by atoms with Crippen molar-refractivity contribution in [1.29, 1.82) is 0 Å². The maximum Gasteiger partial charge on any atom is 0.253 e. The summed E-state index contributed by atoms with van der Waals surface area (Å²) in [4.78, 5) is 24.2. The summed E-state index contributed by atoms with van der Waals surface area (Å²) in [7, 11) is 0. The molecular formula is C21H31NO2. The lowest BCUT2D eigenvalue weighted by Crippen LogP contribution is -2.30. The van der Waals surface area contributed by atoms with E-state index < -0.39 is 0 Å². The van der Waals surface area contributed by atoms with Crippen LogP contribution in [0.5, 0.6) is 0 Å². The van der Waals surface area contributed by atoms with Gasteiger partial charge >= 0.3 is 0 Å². The number of hydrogen-bond donors (Lipinski definition) is 0. The normalized spacial score (nSPS) is 31.0. The van der Waals surface area contributed by atoms with Gasteiger partial charge in [-0.2, -0.15) is 0 Å². The largest absolute Gasteiger partial charge is 0.275 e. The highest BCUT2D eigenvalue weighted by molar-refractivity contribution is 6.12. The third-order valence-corrected chi connectivity index (χ3v) is 6.34. The summed E-state index contributed by atoms with van der Waals surface area (Å²) in [6.07, 6.45) is 19.1. The fraction of sp³-hybridized carbons (Fsp3) is 0.714. The van der Waals surface area contributed by atoms with E-state index in [-0.39, 0.29) is 11.8 Å². The summed E-state index contributed by atoms with van der Waals surface area (Å²) in [6.45, 7) is 2.94. The summed E-state index contributed by atoms with van der Waals surface area (Å²) in [5.74, 6) is 3.37. The molecule has 2 amide bonds. The van der Waals surface area contributed by atoms with Crippen LogP contribution in [0.15, 0.2) is 24.3 Å². The fourth-order valence-electron chi connectivity index (χ4n) is 5.07. The van der Waals surface area contributed by atoms with Gasteiger partial charge in [0.2, 0.25) is 0 Å². The van der Waals surface area contributed by atoms with Gasteiger partial charge in [0.15, 0.2) is 0 Å². The van der Waals surface area contributed by atoms with E-state index >= 15 is 0 Å². The van der Waals surface area contributed by atoms with E-state index in [9.17, 15) is 9.59 Å². The summed E-state index contributed by atoms with van der Waals surface area (Å²) in [6, 6.07) is 0. The second-order valence-electron chi connectivity index (χ2n) is 7.76. The Morgan fingerprint density at radius 3 is 2.12 bits per heavy atom. The summed E-state index contributed by atoms with van der Waals surface area (Å²) in [5, 5.41) is 0. The lowest BCUT2D eigenvalue weighted by molar-refractivity contribution is -0.136. The topological polar surface area (TPSA) is 37.4 Å². The van der Waals surface area contributed by atoms with Crippen molar-refractivity contribution >= 4 is 11.8 Å². The molecule has 3 heteroatoms. The van der Waals surface area contributed by atoms with E-state index in [4.69, 9.17) is 0 Å².